The standard InChI is InChI=1S/C38H36Cl2FNO6/c1-3-37(45,25-17-19-47-20-18-25)27-21-31-33(32(41)22-27)38(46,26-11-15-29(40)16-12-26)42(35(31)43)34(24-9-13-28(39)14-10-24)23(2)36(44)48-30-7-5-4-6-8-30/h4-16,21-23,25,34,45-46H,3,17-20H2,1-2H3/t23-,34-,37-,38+/m0/s1. The van der Waals surface area contributed by atoms with Crippen molar-refractivity contribution in [2.45, 2.75) is 50.5 Å². The van der Waals surface area contributed by atoms with E-state index in [0.717, 1.165) is 4.90 Å². The Labute approximate surface area is 288 Å². The van der Waals surface area contributed by atoms with Crippen LogP contribution >= 0.6 is 23.2 Å². The lowest BCUT2D eigenvalue weighted by Gasteiger charge is -2.42. The number of hydrogen-bond donors (Lipinski definition) is 2. The van der Waals surface area contributed by atoms with E-state index in [4.69, 9.17) is 32.7 Å². The molecule has 250 valence electrons. The van der Waals surface area contributed by atoms with Gasteiger partial charge in [0.2, 0.25) is 0 Å². The van der Waals surface area contributed by atoms with Gasteiger partial charge in [0, 0.05) is 28.8 Å². The third kappa shape index (κ3) is 6.01. The molecule has 4 aromatic carbocycles. The Morgan fingerprint density at radius 2 is 1.62 bits per heavy atom. The highest BCUT2D eigenvalue weighted by atomic mass is 35.5. The van der Waals surface area contributed by atoms with Crippen LogP contribution in [-0.4, -0.2) is 40.2 Å². The minimum atomic E-state index is -2.39. The summed E-state index contributed by atoms with van der Waals surface area (Å²) in [7, 11) is 0. The summed E-state index contributed by atoms with van der Waals surface area (Å²) in [5, 5.41) is 25.7. The Kier molecular flexibility index (Phi) is 9.67. The summed E-state index contributed by atoms with van der Waals surface area (Å²) in [5.74, 6) is -3.27. The summed E-state index contributed by atoms with van der Waals surface area (Å²) in [6, 6.07) is 22.7. The Bertz CT molecular complexity index is 1800. The number of para-hydroxylation sites is 1. The molecule has 0 aliphatic carbocycles. The Morgan fingerprint density at radius 1 is 1.02 bits per heavy atom. The summed E-state index contributed by atoms with van der Waals surface area (Å²) in [4.78, 5) is 29.7. The van der Waals surface area contributed by atoms with E-state index in [1.54, 1.807) is 61.5 Å². The maximum Gasteiger partial charge on any atom is 0.316 e. The Hall–Kier alpha value is -3.79. The third-order valence-corrected chi connectivity index (χ3v) is 10.2. The van der Waals surface area contributed by atoms with E-state index in [0.29, 0.717) is 47.4 Å². The molecule has 1 amide bonds. The molecule has 0 bridgehead atoms. The molecule has 4 atom stereocenters. The number of fused-ring (bicyclic) bond motifs is 1. The van der Waals surface area contributed by atoms with Crippen LogP contribution < -0.4 is 4.74 Å². The zero-order valence-electron chi connectivity index (χ0n) is 26.5. The second kappa shape index (κ2) is 13.6. The van der Waals surface area contributed by atoms with Crippen LogP contribution in [-0.2, 0) is 20.9 Å². The zero-order valence-corrected chi connectivity index (χ0v) is 28.0. The molecule has 2 aliphatic rings. The van der Waals surface area contributed by atoms with Gasteiger partial charge in [0.15, 0.2) is 5.72 Å². The lowest BCUT2D eigenvalue weighted by Crippen LogP contribution is -2.50. The first-order valence-corrected chi connectivity index (χ1v) is 16.7. The largest absolute Gasteiger partial charge is 0.426 e. The summed E-state index contributed by atoms with van der Waals surface area (Å²) < 4.78 is 28.0. The lowest BCUT2D eigenvalue weighted by atomic mass is 9.74. The van der Waals surface area contributed by atoms with E-state index in [1.807, 2.05) is 6.92 Å². The van der Waals surface area contributed by atoms with Crippen molar-refractivity contribution in [3.8, 4) is 5.75 Å². The zero-order chi connectivity index (χ0) is 34.2. The molecule has 1 saturated heterocycles. The number of esters is 1. The maximum atomic E-state index is 16.7. The number of carbonyl (C=O) groups is 2. The highest BCUT2D eigenvalue weighted by Crippen LogP contribution is 2.51. The quantitative estimate of drug-likeness (QED) is 0.137. The Morgan fingerprint density at radius 3 is 2.23 bits per heavy atom. The molecule has 0 saturated carbocycles. The fourth-order valence-corrected chi connectivity index (χ4v) is 7.37. The molecule has 1 fully saturated rings. The first-order valence-electron chi connectivity index (χ1n) is 16.0. The number of rotatable bonds is 9. The lowest BCUT2D eigenvalue weighted by molar-refractivity contribution is -0.144. The van der Waals surface area contributed by atoms with Gasteiger partial charge in [0.25, 0.3) is 5.91 Å². The van der Waals surface area contributed by atoms with Crippen molar-refractivity contribution < 1.29 is 33.7 Å². The van der Waals surface area contributed by atoms with Gasteiger partial charge in [-0.3, -0.25) is 14.5 Å². The summed E-state index contributed by atoms with van der Waals surface area (Å²) >= 11 is 12.5. The van der Waals surface area contributed by atoms with Gasteiger partial charge in [-0.2, -0.15) is 0 Å². The molecule has 6 rings (SSSR count). The third-order valence-electron chi connectivity index (χ3n) is 9.72. The molecule has 4 aromatic rings. The number of carbonyl (C=O) groups excluding carboxylic acids is 2. The van der Waals surface area contributed by atoms with Crippen molar-refractivity contribution in [2.75, 3.05) is 13.2 Å². The van der Waals surface area contributed by atoms with E-state index in [9.17, 15) is 19.8 Å². The fraction of sp³-hybridized carbons (Fsp3) is 0.316. The number of halogens is 3. The minimum absolute atomic E-state index is 0.121. The number of ether oxygens (including phenoxy) is 2. The van der Waals surface area contributed by atoms with Crippen LogP contribution in [0.15, 0.2) is 91.0 Å². The molecule has 2 aliphatic heterocycles. The molecule has 0 aromatic heterocycles. The van der Waals surface area contributed by atoms with Crippen LogP contribution in [0.25, 0.3) is 0 Å². The first-order chi connectivity index (χ1) is 23.0. The van der Waals surface area contributed by atoms with Crippen LogP contribution in [0.1, 0.15) is 71.8 Å². The topological polar surface area (TPSA) is 96.3 Å². The number of aliphatic hydroxyl groups is 2. The predicted octanol–water partition coefficient (Wildman–Crippen LogP) is 7.79. The van der Waals surface area contributed by atoms with Gasteiger partial charge in [-0.25, -0.2) is 4.39 Å². The molecule has 7 nitrogen and oxygen atoms in total. The average Bonchev–Trinajstić information content (AvgIpc) is 3.33. The second-order valence-electron chi connectivity index (χ2n) is 12.4. The van der Waals surface area contributed by atoms with E-state index < -0.39 is 41.0 Å². The van der Waals surface area contributed by atoms with Gasteiger partial charge in [0.1, 0.15) is 11.6 Å². The number of hydrogen-bond acceptors (Lipinski definition) is 6. The van der Waals surface area contributed by atoms with Crippen LogP contribution in [0.5, 0.6) is 5.75 Å². The van der Waals surface area contributed by atoms with Crippen molar-refractivity contribution in [3.05, 3.63) is 135 Å². The van der Waals surface area contributed by atoms with Crippen LogP contribution in [0.2, 0.25) is 10.0 Å². The molecular weight excluding hydrogens is 656 g/mol. The van der Waals surface area contributed by atoms with Crippen molar-refractivity contribution >= 4 is 35.1 Å². The van der Waals surface area contributed by atoms with Crippen LogP contribution in [0.3, 0.4) is 0 Å². The van der Waals surface area contributed by atoms with Crippen molar-refractivity contribution in [3.63, 3.8) is 0 Å². The molecule has 10 heteroatoms. The summed E-state index contributed by atoms with van der Waals surface area (Å²) in [6.45, 7) is 4.33. The molecular formula is C38H36Cl2FNO6. The maximum absolute atomic E-state index is 16.7. The highest BCUT2D eigenvalue weighted by Gasteiger charge is 2.57. The highest BCUT2D eigenvalue weighted by molar-refractivity contribution is 6.30. The monoisotopic (exact) mass is 691 g/mol. The Balaban J connectivity index is 1.54. The van der Waals surface area contributed by atoms with Gasteiger partial charge in [0.05, 0.1) is 28.7 Å². The van der Waals surface area contributed by atoms with Crippen molar-refractivity contribution in [1.82, 2.24) is 4.90 Å². The summed E-state index contributed by atoms with van der Waals surface area (Å²) in [5.41, 5.74) is -3.40. The first kappa shape index (κ1) is 34.1. The van der Waals surface area contributed by atoms with E-state index in [1.165, 1.54) is 36.4 Å². The van der Waals surface area contributed by atoms with Crippen molar-refractivity contribution in [2.24, 2.45) is 11.8 Å². The number of nitrogens with zero attached hydrogens (tertiary/aromatic N) is 1. The fourth-order valence-electron chi connectivity index (χ4n) is 7.12. The van der Waals surface area contributed by atoms with E-state index >= 15 is 4.39 Å². The van der Waals surface area contributed by atoms with Gasteiger partial charge in [-0.1, -0.05) is 72.6 Å². The van der Waals surface area contributed by atoms with Gasteiger partial charge >= 0.3 is 5.97 Å². The second-order valence-corrected chi connectivity index (χ2v) is 13.3. The van der Waals surface area contributed by atoms with Crippen molar-refractivity contribution in [1.29, 1.82) is 0 Å². The normalized spacial score (nSPS) is 20.6. The van der Waals surface area contributed by atoms with Gasteiger partial charge in [-0.15, -0.1) is 0 Å². The molecule has 2 heterocycles. The minimum Gasteiger partial charge on any atom is -0.426 e. The number of benzene rings is 4. The average molecular weight is 693 g/mol. The molecule has 2 N–H and O–H groups in total. The van der Waals surface area contributed by atoms with E-state index in [2.05, 4.69) is 0 Å². The SMILES string of the molecule is CC[C@@](O)(c1cc(F)c2c(c1)C(=O)N([C@H](c1ccc(Cl)cc1)[C@H](C)C(=O)Oc1ccccc1)[C@@]2(O)c1ccc(Cl)cc1)C1CCOCC1. The number of amides is 1. The molecule has 0 unspecified atom stereocenters. The van der Waals surface area contributed by atoms with Gasteiger partial charge in [-0.05, 0) is 91.8 Å². The van der Waals surface area contributed by atoms with Gasteiger partial charge < -0.3 is 19.7 Å². The molecule has 48 heavy (non-hydrogen) atoms. The smallest absolute Gasteiger partial charge is 0.316 e. The van der Waals surface area contributed by atoms with Crippen LogP contribution in [0, 0.1) is 17.7 Å². The molecule has 0 spiro atoms. The summed E-state index contributed by atoms with van der Waals surface area (Å²) in [6.07, 6.45) is 1.40. The van der Waals surface area contributed by atoms with Crippen LogP contribution in [0.4, 0.5) is 4.39 Å². The van der Waals surface area contributed by atoms with E-state index in [-0.39, 0.29) is 34.6 Å². The predicted molar refractivity (Wildman–Crippen MR) is 180 cm³/mol. The molecule has 0 radical (unpaired) electrons.